The van der Waals surface area contributed by atoms with Gasteiger partial charge >= 0.3 is 0 Å². The Balaban J connectivity index is 1.15. The summed E-state index contributed by atoms with van der Waals surface area (Å²) in [7, 11) is 0. The van der Waals surface area contributed by atoms with E-state index in [4.69, 9.17) is 9.97 Å². The predicted molar refractivity (Wildman–Crippen MR) is 145 cm³/mol. The van der Waals surface area contributed by atoms with Crippen molar-refractivity contribution in [3.05, 3.63) is 60.4 Å². The number of nitrogens with zero attached hydrogens (tertiary/aromatic N) is 5. The van der Waals surface area contributed by atoms with Gasteiger partial charge in [0.25, 0.3) is 0 Å². The number of aromatic nitrogens is 2. The van der Waals surface area contributed by atoms with Crippen molar-refractivity contribution in [2.75, 3.05) is 42.9 Å². The molecule has 1 saturated heterocycles. The van der Waals surface area contributed by atoms with E-state index in [9.17, 15) is 4.79 Å². The van der Waals surface area contributed by atoms with Crippen molar-refractivity contribution in [2.24, 2.45) is 10.9 Å². The van der Waals surface area contributed by atoms with Gasteiger partial charge in [-0.2, -0.15) is 0 Å². The Kier molecular flexibility index (Phi) is 6.36. The highest BCUT2D eigenvalue weighted by Gasteiger charge is 2.23. The SMILES string of the molecule is O=C(Nc1ccc(-c2ccc3ncc(N4CCN(C5=CC=NCC5)CC4)nc3c2)cc1)C1CCCC1. The zero-order chi connectivity index (χ0) is 24.3. The van der Waals surface area contributed by atoms with Gasteiger partial charge in [0.1, 0.15) is 5.82 Å². The largest absolute Gasteiger partial charge is 0.371 e. The molecule has 1 aliphatic carbocycles. The number of fused-ring (bicyclic) bond motifs is 1. The number of dihydropyridines is 1. The lowest BCUT2D eigenvalue weighted by Gasteiger charge is -2.38. The molecular formula is C29H32N6O. The Morgan fingerprint density at radius 1 is 0.889 bits per heavy atom. The average molecular weight is 481 g/mol. The van der Waals surface area contributed by atoms with Crippen LogP contribution in [0.4, 0.5) is 11.5 Å². The number of carbonyl (C=O) groups excluding carboxylic acids is 1. The van der Waals surface area contributed by atoms with Gasteiger partial charge < -0.3 is 15.1 Å². The van der Waals surface area contributed by atoms with E-state index in [1.165, 1.54) is 5.70 Å². The summed E-state index contributed by atoms with van der Waals surface area (Å²) < 4.78 is 0. The van der Waals surface area contributed by atoms with Crippen LogP contribution >= 0.6 is 0 Å². The minimum atomic E-state index is 0.152. The van der Waals surface area contributed by atoms with E-state index in [-0.39, 0.29) is 11.8 Å². The number of piperazine rings is 1. The van der Waals surface area contributed by atoms with Gasteiger partial charge in [0, 0.05) is 62.7 Å². The highest BCUT2D eigenvalue weighted by atomic mass is 16.1. The maximum Gasteiger partial charge on any atom is 0.227 e. The molecule has 184 valence electrons. The van der Waals surface area contributed by atoms with Crippen LogP contribution in [0.5, 0.6) is 0 Å². The van der Waals surface area contributed by atoms with Gasteiger partial charge in [-0.3, -0.25) is 14.8 Å². The second kappa shape index (κ2) is 10.1. The molecule has 1 aromatic heterocycles. The second-order valence-corrected chi connectivity index (χ2v) is 9.92. The molecule has 36 heavy (non-hydrogen) atoms. The van der Waals surface area contributed by atoms with E-state index in [1.807, 2.05) is 30.6 Å². The third kappa shape index (κ3) is 4.83. The van der Waals surface area contributed by atoms with Gasteiger partial charge in [-0.05, 0) is 54.3 Å². The van der Waals surface area contributed by atoms with Gasteiger partial charge in [-0.15, -0.1) is 0 Å². The first-order valence-corrected chi connectivity index (χ1v) is 13.1. The molecule has 0 radical (unpaired) electrons. The van der Waals surface area contributed by atoms with Crippen LogP contribution < -0.4 is 10.2 Å². The zero-order valence-corrected chi connectivity index (χ0v) is 20.6. The standard InChI is InChI=1S/C29H32N6O/c36-29(22-3-1-2-4-22)32-24-8-5-21(6-9-24)23-7-10-26-27(19-23)33-28(20-31-26)35-17-15-34(16-18-35)25-11-13-30-14-12-25/h5-11,13,19-20,22H,1-4,12,14-18H2,(H,32,36). The summed E-state index contributed by atoms with van der Waals surface area (Å²) >= 11 is 0. The third-order valence-electron chi connectivity index (χ3n) is 7.62. The summed E-state index contributed by atoms with van der Waals surface area (Å²) in [5.74, 6) is 1.25. The first-order valence-electron chi connectivity index (χ1n) is 13.1. The fourth-order valence-electron chi connectivity index (χ4n) is 5.47. The fraction of sp³-hybridized carbons (Fsp3) is 0.379. The maximum atomic E-state index is 12.4. The summed E-state index contributed by atoms with van der Waals surface area (Å²) in [6.07, 6.45) is 11.3. The molecule has 6 rings (SSSR count). The number of nitrogens with one attached hydrogen (secondary N) is 1. The minimum Gasteiger partial charge on any atom is -0.371 e. The van der Waals surface area contributed by atoms with Crippen molar-refractivity contribution in [1.82, 2.24) is 14.9 Å². The van der Waals surface area contributed by atoms with Gasteiger partial charge in [0.15, 0.2) is 0 Å². The minimum absolute atomic E-state index is 0.152. The molecule has 0 unspecified atom stereocenters. The molecule has 3 heterocycles. The number of benzene rings is 2. The van der Waals surface area contributed by atoms with Crippen molar-refractivity contribution in [2.45, 2.75) is 32.1 Å². The van der Waals surface area contributed by atoms with Gasteiger partial charge in [0.05, 0.1) is 17.2 Å². The van der Waals surface area contributed by atoms with E-state index < -0.39 is 0 Å². The van der Waals surface area contributed by atoms with Crippen molar-refractivity contribution < 1.29 is 4.79 Å². The molecular weight excluding hydrogens is 448 g/mol. The molecule has 2 fully saturated rings. The number of rotatable bonds is 5. The first-order chi connectivity index (χ1) is 17.7. The molecule has 3 aromatic rings. The summed E-state index contributed by atoms with van der Waals surface area (Å²) in [4.78, 5) is 31.2. The number of amides is 1. The summed E-state index contributed by atoms with van der Waals surface area (Å²) in [5, 5.41) is 3.08. The lowest BCUT2D eigenvalue weighted by Crippen LogP contribution is -2.46. The predicted octanol–water partition coefficient (Wildman–Crippen LogP) is 4.91. The Hall–Kier alpha value is -3.74. The van der Waals surface area contributed by atoms with Gasteiger partial charge in [-0.25, -0.2) is 4.98 Å². The van der Waals surface area contributed by atoms with Gasteiger partial charge in [0.2, 0.25) is 5.91 Å². The van der Waals surface area contributed by atoms with E-state index in [1.54, 1.807) is 0 Å². The quantitative estimate of drug-likeness (QED) is 0.562. The number of allylic oxidation sites excluding steroid dienone is 1. The number of hydrogen-bond donors (Lipinski definition) is 1. The van der Waals surface area contributed by atoms with Crippen LogP contribution in [0.3, 0.4) is 0 Å². The molecule has 1 N–H and O–H groups in total. The molecule has 2 aromatic carbocycles. The lowest BCUT2D eigenvalue weighted by atomic mass is 10.0. The Bertz CT molecular complexity index is 1300. The third-order valence-corrected chi connectivity index (χ3v) is 7.62. The lowest BCUT2D eigenvalue weighted by molar-refractivity contribution is -0.119. The van der Waals surface area contributed by atoms with E-state index in [0.29, 0.717) is 0 Å². The van der Waals surface area contributed by atoms with Crippen molar-refractivity contribution in [3.8, 4) is 11.1 Å². The van der Waals surface area contributed by atoms with Crippen molar-refractivity contribution >= 4 is 34.7 Å². The summed E-state index contributed by atoms with van der Waals surface area (Å²) in [6, 6.07) is 14.3. The Morgan fingerprint density at radius 2 is 1.64 bits per heavy atom. The second-order valence-electron chi connectivity index (χ2n) is 9.92. The molecule has 0 bridgehead atoms. The van der Waals surface area contributed by atoms with Crippen molar-refractivity contribution in [1.29, 1.82) is 0 Å². The average Bonchev–Trinajstić information content (AvgIpc) is 3.49. The van der Waals surface area contributed by atoms with E-state index in [0.717, 1.165) is 98.5 Å². The molecule has 3 aliphatic rings. The molecule has 7 nitrogen and oxygen atoms in total. The van der Waals surface area contributed by atoms with Crippen LogP contribution in [0.1, 0.15) is 32.1 Å². The van der Waals surface area contributed by atoms with Crippen LogP contribution in [0.25, 0.3) is 22.2 Å². The smallest absolute Gasteiger partial charge is 0.227 e. The van der Waals surface area contributed by atoms with E-state index in [2.05, 4.69) is 50.5 Å². The molecule has 2 aliphatic heterocycles. The Labute approximate surface area is 212 Å². The number of hydrogen-bond acceptors (Lipinski definition) is 6. The van der Waals surface area contributed by atoms with Crippen LogP contribution in [-0.4, -0.2) is 59.7 Å². The fourth-order valence-corrected chi connectivity index (χ4v) is 5.47. The molecule has 1 saturated carbocycles. The monoisotopic (exact) mass is 480 g/mol. The topological polar surface area (TPSA) is 73.7 Å². The first kappa shape index (κ1) is 22.7. The number of anilines is 2. The highest BCUT2D eigenvalue weighted by molar-refractivity contribution is 5.93. The van der Waals surface area contributed by atoms with Crippen LogP contribution in [0.2, 0.25) is 0 Å². The van der Waals surface area contributed by atoms with Gasteiger partial charge in [-0.1, -0.05) is 31.0 Å². The number of aliphatic imine (C=N–C) groups is 1. The molecule has 7 heteroatoms. The van der Waals surface area contributed by atoms with Crippen LogP contribution in [-0.2, 0) is 4.79 Å². The Morgan fingerprint density at radius 3 is 2.39 bits per heavy atom. The van der Waals surface area contributed by atoms with Crippen LogP contribution in [0.15, 0.2) is 65.4 Å². The normalized spacial score (nSPS) is 18.5. The van der Waals surface area contributed by atoms with Crippen molar-refractivity contribution in [3.63, 3.8) is 0 Å². The highest BCUT2D eigenvalue weighted by Crippen LogP contribution is 2.28. The van der Waals surface area contributed by atoms with E-state index >= 15 is 0 Å². The number of carbonyl (C=O) groups is 1. The maximum absolute atomic E-state index is 12.4. The van der Waals surface area contributed by atoms with Crippen LogP contribution in [0, 0.1) is 5.92 Å². The zero-order valence-electron chi connectivity index (χ0n) is 20.6. The molecule has 0 atom stereocenters. The summed E-state index contributed by atoms with van der Waals surface area (Å²) in [6.45, 7) is 4.74. The molecule has 1 amide bonds. The summed E-state index contributed by atoms with van der Waals surface area (Å²) in [5.41, 5.74) is 6.24. The molecule has 0 spiro atoms.